The van der Waals surface area contributed by atoms with Crippen molar-refractivity contribution >= 4 is 25.1 Å². The highest BCUT2D eigenvalue weighted by atomic mass is 28.3. The molecule has 1 aliphatic carbocycles. The van der Waals surface area contributed by atoms with Crippen LogP contribution < -0.4 is 4.74 Å². The molecule has 1 fully saturated rings. The molecule has 8 heteroatoms. The molecule has 1 aromatic carbocycles. The number of hydrogen-bond acceptors (Lipinski definition) is 5. The van der Waals surface area contributed by atoms with Crippen LogP contribution in [0.1, 0.15) is 40.3 Å². The molecule has 2 heterocycles. The Hall–Kier alpha value is -2.71. The van der Waals surface area contributed by atoms with Crippen LogP contribution in [0.5, 0.6) is 5.75 Å². The van der Waals surface area contributed by atoms with Crippen molar-refractivity contribution in [2.24, 2.45) is 5.92 Å². The van der Waals surface area contributed by atoms with E-state index in [9.17, 15) is 9.90 Å². The summed E-state index contributed by atoms with van der Waals surface area (Å²) in [6.45, 7) is 14.2. The maximum atomic E-state index is 12.2. The molecule has 4 rings (SSSR count). The molecule has 0 aliphatic heterocycles. The van der Waals surface area contributed by atoms with Gasteiger partial charge in [0, 0.05) is 25.9 Å². The maximum Gasteiger partial charge on any atom is 0.339 e. The molecule has 34 heavy (non-hydrogen) atoms. The summed E-state index contributed by atoms with van der Waals surface area (Å²) in [5.74, 6) is 0.905. The van der Waals surface area contributed by atoms with E-state index in [1.807, 2.05) is 30.5 Å². The van der Waals surface area contributed by atoms with Crippen molar-refractivity contribution in [1.29, 1.82) is 0 Å². The number of aryl methyl sites for hydroxylation is 2. The number of benzene rings is 1. The van der Waals surface area contributed by atoms with Gasteiger partial charge in [-0.3, -0.25) is 0 Å². The van der Waals surface area contributed by atoms with Gasteiger partial charge in [0.05, 0.1) is 12.1 Å². The van der Waals surface area contributed by atoms with Gasteiger partial charge in [-0.25, -0.2) is 14.8 Å². The lowest BCUT2D eigenvalue weighted by Crippen LogP contribution is -2.22. The highest BCUT2D eigenvalue weighted by Gasteiger charge is 2.27. The van der Waals surface area contributed by atoms with E-state index in [1.54, 1.807) is 6.92 Å². The Morgan fingerprint density at radius 1 is 1.18 bits per heavy atom. The minimum Gasteiger partial charge on any atom is -0.493 e. The van der Waals surface area contributed by atoms with Crippen LogP contribution in [0, 0.1) is 26.7 Å². The van der Waals surface area contributed by atoms with Gasteiger partial charge in [-0.2, -0.15) is 0 Å². The van der Waals surface area contributed by atoms with Crippen molar-refractivity contribution < 1.29 is 19.4 Å². The van der Waals surface area contributed by atoms with Crippen LogP contribution in [0.25, 0.3) is 22.3 Å². The summed E-state index contributed by atoms with van der Waals surface area (Å²) < 4.78 is 14.2. The fraction of sp³-hybridized carbons (Fsp3) is 0.500. The molecule has 0 unspecified atom stereocenters. The van der Waals surface area contributed by atoms with Crippen molar-refractivity contribution in [2.75, 3.05) is 13.2 Å². The van der Waals surface area contributed by atoms with Gasteiger partial charge in [-0.1, -0.05) is 31.3 Å². The number of carbonyl (C=O) groups is 1. The van der Waals surface area contributed by atoms with E-state index in [4.69, 9.17) is 14.5 Å². The van der Waals surface area contributed by atoms with E-state index >= 15 is 0 Å². The van der Waals surface area contributed by atoms with Crippen molar-refractivity contribution in [3.63, 3.8) is 0 Å². The number of rotatable bonds is 10. The molecule has 1 saturated carbocycles. The van der Waals surface area contributed by atoms with Gasteiger partial charge in [0.1, 0.15) is 35.1 Å². The van der Waals surface area contributed by atoms with Crippen LogP contribution in [-0.2, 0) is 11.5 Å². The SMILES string of the molecule is Cc1ccc(OCC2CC2)c(-c2nc(C)nc3c(C(=O)O)c(C)n(COCC[Si](C)(C)C)c23)c1. The Kier molecular flexibility index (Phi) is 6.82. The van der Waals surface area contributed by atoms with Crippen LogP contribution >= 0.6 is 0 Å². The van der Waals surface area contributed by atoms with Gasteiger partial charge in [-0.15, -0.1) is 0 Å². The zero-order chi connectivity index (χ0) is 24.6. The molecule has 7 nitrogen and oxygen atoms in total. The summed E-state index contributed by atoms with van der Waals surface area (Å²) in [6, 6.07) is 7.11. The lowest BCUT2D eigenvalue weighted by molar-refractivity contribution is 0.0694. The Morgan fingerprint density at radius 3 is 2.56 bits per heavy atom. The molecule has 0 spiro atoms. The number of carboxylic acids is 1. The van der Waals surface area contributed by atoms with Gasteiger partial charge < -0.3 is 19.1 Å². The number of aromatic nitrogens is 3. The monoisotopic (exact) mass is 481 g/mol. The summed E-state index contributed by atoms with van der Waals surface area (Å²) in [7, 11) is -1.24. The molecule has 0 amide bonds. The second-order valence-corrected chi connectivity index (χ2v) is 16.2. The number of fused-ring (bicyclic) bond motifs is 1. The zero-order valence-electron chi connectivity index (χ0n) is 21.1. The van der Waals surface area contributed by atoms with Gasteiger partial charge in [0.2, 0.25) is 0 Å². The van der Waals surface area contributed by atoms with E-state index in [0.29, 0.717) is 47.4 Å². The third kappa shape index (κ3) is 5.33. The van der Waals surface area contributed by atoms with E-state index in [2.05, 4.69) is 30.7 Å². The molecule has 2 aromatic heterocycles. The predicted molar refractivity (Wildman–Crippen MR) is 136 cm³/mol. The second-order valence-electron chi connectivity index (χ2n) is 10.6. The third-order valence-electron chi connectivity index (χ3n) is 6.26. The summed E-state index contributed by atoms with van der Waals surface area (Å²) in [6.07, 6.45) is 2.41. The van der Waals surface area contributed by atoms with Gasteiger partial charge >= 0.3 is 5.97 Å². The summed E-state index contributed by atoms with van der Waals surface area (Å²) in [4.78, 5) is 21.6. The normalized spacial score (nSPS) is 14.1. The van der Waals surface area contributed by atoms with E-state index in [-0.39, 0.29) is 12.3 Å². The minimum atomic E-state index is -1.24. The smallest absolute Gasteiger partial charge is 0.339 e. The first-order valence-electron chi connectivity index (χ1n) is 12.0. The lowest BCUT2D eigenvalue weighted by Gasteiger charge is -2.17. The molecule has 0 radical (unpaired) electrons. The Morgan fingerprint density at radius 2 is 1.91 bits per heavy atom. The van der Waals surface area contributed by atoms with E-state index in [0.717, 1.165) is 22.9 Å². The minimum absolute atomic E-state index is 0.198. The molecule has 0 saturated heterocycles. The van der Waals surface area contributed by atoms with Crippen LogP contribution in [0.3, 0.4) is 0 Å². The molecule has 0 bridgehead atoms. The first-order valence-corrected chi connectivity index (χ1v) is 15.7. The number of nitrogens with zero attached hydrogens (tertiary/aromatic N) is 3. The second kappa shape index (κ2) is 9.50. The van der Waals surface area contributed by atoms with Crippen LogP contribution in [0.15, 0.2) is 18.2 Å². The molecule has 3 aromatic rings. The van der Waals surface area contributed by atoms with E-state index < -0.39 is 14.0 Å². The fourth-order valence-corrected chi connectivity index (χ4v) is 4.81. The molecule has 1 N–H and O–H groups in total. The predicted octanol–water partition coefficient (Wildman–Crippen LogP) is 5.82. The first-order chi connectivity index (χ1) is 16.0. The van der Waals surface area contributed by atoms with Crippen molar-refractivity contribution in [3.8, 4) is 17.0 Å². The summed E-state index contributed by atoms with van der Waals surface area (Å²) in [5.41, 5.74) is 4.55. The molecule has 1 aliphatic rings. The molecular weight excluding hydrogens is 446 g/mol. The van der Waals surface area contributed by atoms with Gasteiger partial charge in [0.15, 0.2) is 0 Å². The van der Waals surface area contributed by atoms with Crippen LogP contribution in [0.2, 0.25) is 25.7 Å². The largest absolute Gasteiger partial charge is 0.493 e. The van der Waals surface area contributed by atoms with Gasteiger partial charge in [-0.05, 0) is 57.7 Å². The fourth-order valence-electron chi connectivity index (χ4n) is 4.06. The number of carboxylic acid groups (broad SMARTS) is 1. The number of hydrogen-bond donors (Lipinski definition) is 1. The van der Waals surface area contributed by atoms with Crippen molar-refractivity contribution in [2.45, 2.75) is 66.0 Å². The number of ether oxygens (including phenoxy) is 2. The topological polar surface area (TPSA) is 86.5 Å². The van der Waals surface area contributed by atoms with Crippen molar-refractivity contribution in [3.05, 3.63) is 40.8 Å². The van der Waals surface area contributed by atoms with Crippen LogP contribution in [0.4, 0.5) is 0 Å². The Balaban J connectivity index is 1.85. The standard InChI is InChI=1S/C26H35N3O4Si/c1-16-7-10-21(33-14-19-8-9-19)20(13-16)23-25-24(28-18(3)27-23)22(26(30)31)17(2)29(25)15-32-11-12-34(4,5)6/h7,10,13,19H,8-9,11-12,14-15H2,1-6H3,(H,30,31). The maximum absolute atomic E-state index is 12.2. The Bertz CT molecular complexity index is 1230. The van der Waals surface area contributed by atoms with E-state index in [1.165, 1.54) is 12.8 Å². The first kappa shape index (κ1) is 24.4. The lowest BCUT2D eigenvalue weighted by atomic mass is 10.1. The van der Waals surface area contributed by atoms with Crippen molar-refractivity contribution in [1.82, 2.24) is 14.5 Å². The molecule has 182 valence electrons. The summed E-state index contributed by atoms with van der Waals surface area (Å²) >= 11 is 0. The zero-order valence-corrected chi connectivity index (χ0v) is 22.1. The summed E-state index contributed by atoms with van der Waals surface area (Å²) in [5, 5.41) is 10.0. The quantitative estimate of drug-likeness (QED) is 0.290. The highest BCUT2D eigenvalue weighted by Crippen LogP contribution is 2.38. The highest BCUT2D eigenvalue weighted by molar-refractivity contribution is 6.76. The Labute approximate surface area is 202 Å². The average Bonchev–Trinajstić information content (AvgIpc) is 3.52. The molecular formula is C26H35N3O4Si. The number of aromatic carboxylic acids is 1. The van der Waals surface area contributed by atoms with Gasteiger partial charge in [0.25, 0.3) is 0 Å². The molecule has 0 atom stereocenters. The average molecular weight is 482 g/mol. The van der Waals surface area contributed by atoms with Crippen LogP contribution in [-0.4, -0.2) is 46.9 Å². The third-order valence-corrected chi connectivity index (χ3v) is 7.97.